The lowest BCUT2D eigenvalue weighted by Gasteiger charge is -2.12. The Labute approximate surface area is 134 Å². The van der Waals surface area contributed by atoms with E-state index < -0.39 is 5.97 Å². The Morgan fingerprint density at radius 3 is 2.67 bits per heavy atom. The highest BCUT2D eigenvalue weighted by molar-refractivity contribution is 9.10. The molecule has 0 spiro atoms. The van der Waals surface area contributed by atoms with E-state index >= 15 is 0 Å². The van der Waals surface area contributed by atoms with E-state index in [0.29, 0.717) is 21.3 Å². The molecule has 6 heteroatoms. The van der Waals surface area contributed by atoms with E-state index in [1.807, 2.05) is 0 Å². The molecular formula is C15H11BrClFO3. The van der Waals surface area contributed by atoms with Gasteiger partial charge < -0.3 is 9.47 Å². The molecule has 0 bridgehead atoms. The number of carbonyl (C=O) groups excluding carboxylic acids is 1. The Balaban J connectivity index is 2.21. The van der Waals surface area contributed by atoms with E-state index in [1.165, 1.54) is 25.3 Å². The van der Waals surface area contributed by atoms with Crippen molar-refractivity contribution in [3.8, 4) is 5.75 Å². The van der Waals surface area contributed by atoms with E-state index in [9.17, 15) is 9.18 Å². The van der Waals surface area contributed by atoms with E-state index in [1.54, 1.807) is 18.2 Å². The highest BCUT2D eigenvalue weighted by atomic mass is 79.9. The minimum Gasteiger partial charge on any atom is -0.486 e. The normalized spacial score (nSPS) is 10.3. The highest BCUT2D eigenvalue weighted by Gasteiger charge is 2.14. The maximum atomic E-state index is 13.5. The summed E-state index contributed by atoms with van der Waals surface area (Å²) in [6.45, 7) is 0.0303. The quantitative estimate of drug-likeness (QED) is 0.734. The summed E-state index contributed by atoms with van der Waals surface area (Å²) in [4.78, 5) is 11.5. The fraction of sp³-hybridized carbons (Fsp3) is 0.133. The van der Waals surface area contributed by atoms with Crippen LogP contribution in [0.15, 0.2) is 40.9 Å². The molecular weight excluding hydrogens is 363 g/mol. The third-order valence-electron chi connectivity index (χ3n) is 2.75. The van der Waals surface area contributed by atoms with Crippen molar-refractivity contribution < 1.29 is 18.7 Å². The molecule has 2 aromatic rings. The molecule has 21 heavy (non-hydrogen) atoms. The van der Waals surface area contributed by atoms with E-state index in [-0.39, 0.29) is 17.4 Å². The second-order valence-corrected chi connectivity index (χ2v) is 5.40. The van der Waals surface area contributed by atoms with Crippen LogP contribution >= 0.6 is 27.5 Å². The molecule has 0 saturated carbocycles. The fourth-order valence-electron chi connectivity index (χ4n) is 1.70. The van der Waals surface area contributed by atoms with Gasteiger partial charge in [-0.15, -0.1) is 0 Å². The molecule has 0 amide bonds. The first kappa shape index (κ1) is 15.8. The predicted octanol–water partition coefficient (Wildman–Crippen LogP) is 4.61. The molecule has 2 rings (SSSR count). The fourth-order valence-corrected chi connectivity index (χ4v) is 2.66. The van der Waals surface area contributed by atoms with Crippen molar-refractivity contribution in [2.75, 3.05) is 7.11 Å². The molecule has 0 unspecified atom stereocenters. The largest absolute Gasteiger partial charge is 0.486 e. The van der Waals surface area contributed by atoms with Crippen LogP contribution in [-0.4, -0.2) is 13.1 Å². The van der Waals surface area contributed by atoms with Gasteiger partial charge in [0.2, 0.25) is 0 Å². The lowest BCUT2D eigenvalue weighted by molar-refractivity contribution is 0.0600. The number of hydrogen-bond acceptors (Lipinski definition) is 3. The summed E-state index contributed by atoms with van der Waals surface area (Å²) in [5.74, 6) is -0.512. The standard InChI is InChI=1S/C15H11BrClFO3/c1-20-15(19)10-6-11(16)14(12(17)7-10)21-8-9-4-2-3-5-13(9)18/h2-7H,8H2,1H3. The van der Waals surface area contributed by atoms with Gasteiger partial charge in [0.1, 0.15) is 12.4 Å². The van der Waals surface area contributed by atoms with Crippen LogP contribution in [0.3, 0.4) is 0 Å². The number of ether oxygens (including phenoxy) is 2. The summed E-state index contributed by atoms with van der Waals surface area (Å²) in [6.07, 6.45) is 0. The topological polar surface area (TPSA) is 35.5 Å². The first-order valence-corrected chi connectivity index (χ1v) is 7.13. The van der Waals surface area contributed by atoms with Crippen LogP contribution < -0.4 is 4.74 Å². The molecule has 0 aliphatic heterocycles. The SMILES string of the molecule is COC(=O)c1cc(Cl)c(OCc2ccccc2F)c(Br)c1. The lowest BCUT2D eigenvalue weighted by Crippen LogP contribution is -2.03. The Hall–Kier alpha value is -1.59. The van der Waals surface area contributed by atoms with Gasteiger partial charge in [-0.05, 0) is 34.1 Å². The van der Waals surface area contributed by atoms with Gasteiger partial charge in [-0.3, -0.25) is 0 Å². The predicted molar refractivity (Wildman–Crippen MR) is 81.2 cm³/mol. The smallest absolute Gasteiger partial charge is 0.337 e. The number of esters is 1. The van der Waals surface area contributed by atoms with Crippen molar-refractivity contribution in [2.45, 2.75) is 6.61 Å². The first-order chi connectivity index (χ1) is 10.0. The zero-order valence-corrected chi connectivity index (χ0v) is 13.4. The van der Waals surface area contributed by atoms with Gasteiger partial charge in [0, 0.05) is 5.56 Å². The summed E-state index contributed by atoms with van der Waals surface area (Å²) in [6, 6.07) is 9.28. The molecule has 0 aromatic heterocycles. The van der Waals surface area contributed by atoms with Crippen molar-refractivity contribution in [3.05, 3.63) is 62.8 Å². The number of methoxy groups -OCH3 is 1. The number of rotatable bonds is 4. The monoisotopic (exact) mass is 372 g/mol. The molecule has 110 valence electrons. The molecule has 0 aliphatic carbocycles. The number of hydrogen-bond donors (Lipinski definition) is 0. The summed E-state index contributed by atoms with van der Waals surface area (Å²) in [7, 11) is 1.28. The van der Waals surface area contributed by atoms with Crippen molar-refractivity contribution in [3.63, 3.8) is 0 Å². The van der Waals surface area contributed by atoms with Crippen molar-refractivity contribution in [1.82, 2.24) is 0 Å². The highest BCUT2D eigenvalue weighted by Crippen LogP contribution is 2.35. The van der Waals surface area contributed by atoms with E-state index in [4.69, 9.17) is 16.3 Å². The minimum absolute atomic E-state index is 0.0303. The maximum Gasteiger partial charge on any atom is 0.337 e. The Morgan fingerprint density at radius 2 is 2.05 bits per heavy atom. The van der Waals surface area contributed by atoms with Crippen LogP contribution in [0.4, 0.5) is 4.39 Å². The van der Waals surface area contributed by atoms with Crippen molar-refractivity contribution >= 4 is 33.5 Å². The number of carbonyl (C=O) groups is 1. The second-order valence-electron chi connectivity index (χ2n) is 4.14. The van der Waals surface area contributed by atoms with Gasteiger partial charge >= 0.3 is 5.97 Å². The zero-order valence-electron chi connectivity index (χ0n) is 11.0. The summed E-state index contributed by atoms with van der Waals surface area (Å²) < 4.78 is 24.2. The Kier molecular flexibility index (Phi) is 5.20. The molecule has 0 saturated heterocycles. The Bertz CT molecular complexity index is 653. The summed E-state index contributed by atoms with van der Waals surface area (Å²) in [5.41, 5.74) is 0.713. The molecule has 2 aromatic carbocycles. The third-order valence-corrected chi connectivity index (χ3v) is 3.62. The molecule has 0 heterocycles. The van der Waals surface area contributed by atoms with Gasteiger partial charge in [-0.1, -0.05) is 29.8 Å². The molecule has 3 nitrogen and oxygen atoms in total. The molecule has 0 radical (unpaired) electrons. The van der Waals surface area contributed by atoms with E-state index in [0.717, 1.165) is 0 Å². The summed E-state index contributed by atoms with van der Waals surface area (Å²) >= 11 is 9.36. The van der Waals surface area contributed by atoms with Crippen LogP contribution in [0.1, 0.15) is 15.9 Å². The van der Waals surface area contributed by atoms with Crippen LogP contribution in [0.2, 0.25) is 5.02 Å². The van der Waals surface area contributed by atoms with Gasteiger partial charge in [-0.2, -0.15) is 0 Å². The first-order valence-electron chi connectivity index (χ1n) is 5.96. The van der Waals surface area contributed by atoms with Crippen molar-refractivity contribution in [1.29, 1.82) is 0 Å². The average Bonchev–Trinajstić information content (AvgIpc) is 2.47. The van der Waals surface area contributed by atoms with E-state index in [2.05, 4.69) is 20.7 Å². The number of benzene rings is 2. The van der Waals surface area contributed by atoms with Crippen LogP contribution in [0.5, 0.6) is 5.75 Å². The van der Waals surface area contributed by atoms with Crippen LogP contribution in [-0.2, 0) is 11.3 Å². The third kappa shape index (κ3) is 3.74. The molecule has 0 N–H and O–H groups in total. The number of halogens is 3. The molecule has 0 aliphatic rings. The van der Waals surface area contributed by atoms with Crippen LogP contribution in [0.25, 0.3) is 0 Å². The molecule has 0 fully saturated rings. The second kappa shape index (κ2) is 6.91. The summed E-state index contributed by atoms with van der Waals surface area (Å²) in [5, 5.41) is 0.237. The minimum atomic E-state index is -0.502. The Morgan fingerprint density at radius 1 is 1.33 bits per heavy atom. The van der Waals surface area contributed by atoms with Gasteiger partial charge in [0.15, 0.2) is 5.75 Å². The molecule has 0 atom stereocenters. The van der Waals surface area contributed by atoms with Crippen molar-refractivity contribution in [2.24, 2.45) is 0 Å². The van der Waals surface area contributed by atoms with Crippen LogP contribution in [0, 0.1) is 5.82 Å². The van der Waals surface area contributed by atoms with Gasteiger partial charge in [-0.25, -0.2) is 9.18 Å². The average molecular weight is 374 g/mol. The van der Waals surface area contributed by atoms with Gasteiger partial charge in [0.05, 0.1) is 22.2 Å². The zero-order chi connectivity index (χ0) is 15.4. The lowest BCUT2D eigenvalue weighted by atomic mass is 10.2. The maximum absolute atomic E-state index is 13.5. The van der Waals surface area contributed by atoms with Gasteiger partial charge in [0.25, 0.3) is 0 Å².